The second kappa shape index (κ2) is 2.99. The maximum Gasteiger partial charge on any atom is -0.0289 e. The zero-order chi connectivity index (χ0) is 4.69. The van der Waals surface area contributed by atoms with E-state index in [9.17, 15) is 0 Å². The molecule has 2 rings (SSSR count). The van der Waals surface area contributed by atoms with E-state index in [0.29, 0.717) is 0 Å². The van der Waals surface area contributed by atoms with Gasteiger partial charge in [0.2, 0.25) is 0 Å². The van der Waals surface area contributed by atoms with Crippen LogP contribution in [-0.4, -0.2) is 0 Å². The van der Waals surface area contributed by atoms with E-state index in [1.165, 1.54) is 25.7 Å². The molecule has 2 heteroatoms. The first kappa shape index (κ1) is 8.66. The first-order valence-corrected chi connectivity index (χ1v) is 3.13. The highest BCUT2D eigenvalue weighted by Crippen LogP contribution is 2.38. The lowest BCUT2D eigenvalue weighted by Crippen LogP contribution is -1.85. The Kier molecular flexibility index (Phi) is 2.88. The molecule has 0 aromatic heterocycles. The molecule has 0 amide bonds. The van der Waals surface area contributed by atoms with E-state index >= 15 is 0 Å². The van der Waals surface area contributed by atoms with Gasteiger partial charge in [0, 0.05) is 0 Å². The molecular formula is C7H16N2. The van der Waals surface area contributed by atoms with Crippen molar-refractivity contribution in [3.8, 4) is 0 Å². The zero-order valence-corrected chi connectivity index (χ0v) is 5.90. The predicted octanol–water partition coefficient (Wildman–Crippen LogP) is 2.44. The van der Waals surface area contributed by atoms with E-state index in [4.69, 9.17) is 0 Å². The maximum absolute atomic E-state index is 2.42. The normalized spacial score (nSPS) is 28.4. The lowest BCUT2D eigenvalue weighted by molar-refractivity contribution is 0.576. The Bertz CT molecular complexity index is 118. The van der Waals surface area contributed by atoms with Gasteiger partial charge in [-0.3, -0.25) is 0 Å². The molecule has 0 aromatic carbocycles. The van der Waals surface area contributed by atoms with Crippen molar-refractivity contribution in [3.05, 3.63) is 11.6 Å². The fourth-order valence-corrected chi connectivity index (χ4v) is 1.68. The Balaban J connectivity index is 0.000000320. The third-order valence-electron chi connectivity index (χ3n) is 2.16. The number of hydrogen-bond acceptors (Lipinski definition) is 2. The van der Waals surface area contributed by atoms with Gasteiger partial charge in [0.1, 0.15) is 0 Å². The molecule has 2 aliphatic carbocycles. The molecule has 0 radical (unpaired) electrons. The van der Waals surface area contributed by atoms with Crippen molar-refractivity contribution in [3.63, 3.8) is 0 Å². The zero-order valence-electron chi connectivity index (χ0n) is 5.90. The van der Waals surface area contributed by atoms with E-state index in [1.54, 1.807) is 5.57 Å². The molecule has 0 aromatic rings. The van der Waals surface area contributed by atoms with Crippen molar-refractivity contribution in [1.82, 2.24) is 12.3 Å². The van der Waals surface area contributed by atoms with Crippen LogP contribution >= 0.6 is 0 Å². The Hall–Kier alpha value is -0.340. The van der Waals surface area contributed by atoms with E-state index < -0.39 is 0 Å². The molecule has 1 unspecified atom stereocenters. The molecule has 1 atom stereocenters. The average molecular weight is 128 g/mol. The highest BCUT2D eigenvalue weighted by molar-refractivity contribution is 5.15. The average Bonchev–Trinajstić information content (AvgIpc) is 2.22. The van der Waals surface area contributed by atoms with Crippen LogP contribution in [0.4, 0.5) is 0 Å². The van der Waals surface area contributed by atoms with E-state index in [0.717, 1.165) is 5.92 Å². The number of hydrogen-bond donors (Lipinski definition) is 2. The lowest BCUT2D eigenvalue weighted by Gasteiger charge is -1.98. The maximum atomic E-state index is 2.42. The molecule has 0 aliphatic heterocycles. The number of rotatable bonds is 0. The van der Waals surface area contributed by atoms with Crippen molar-refractivity contribution >= 4 is 0 Å². The van der Waals surface area contributed by atoms with Gasteiger partial charge in [0.05, 0.1) is 0 Å². The molecule has 0 spiro atoms. The summed E-state index contributed by atoms with van der Waals surface area (Å²) in [6.45, 7) is 0. The van der Waals surface area contributed by atoms with Gasteiger partial charge in [0.25, 0.3) is 0 Å². The second-order valence-corrected chi connectivity index (χ2v) is 2.71. The Labute approximate surface area is 56.5 Å². The smallest absolute Gasteiger partial charge is 0.0289 e. The summed E-state index contributed by atoms with van der Waals surface area (Å²) in [6, 6.07) is 0. The summed E-state index contributed by atoms with van der Waals surface area (Å²) in [7, 11) is 0. The molecular weight excluding hydrogens is 112 g/mol. The predicted molar refractivity (Wildman–Crippen MR) is 40.1 cm³/mol. The van der Waals surface area contributed by atoms with E-state index in [2.05, 4.69) is 6.08 Å². The first-order chi connectivity index (χ1) is 3.45. The molecule has 1 fully saturated rings. The third kappa shape index (κ3) is 1.32. The summed E-state index contributed by atoms with van der Waals surface area (Å²) >= 11 is 0. The summed E-state index contributed by atoms with van der Waals surface area (Å²) in [5.41, 5.74) is 1.74. The van der Waals surface area contributed by atoms with Crippen molar-refractivity contribution in [2.24, 2.45) is 5.92 Å². The van der Waals surface area contributed by atoms with Crippen molar-refractivity contribution < 1.29 is 0 Å². The molecule has 0 saturated heterocycles. The Morgan fingerprint density at radius 3 is 2.22 bits per heavy atom. The van der Waals surface area contributed by atoms with Crippen LogP contribution in [-0.2, 0) is 0 Å². The summed E-state index contributed by atoms with van der Waals surface area (Å²) in [5, 5.41) is 0. The van der Waals surface area contributed by atoms with Crippen LogP contribution in [0, 0.1) is 5.92 Å². The van der Waals surface area contributed by atoms with Gasteiger partial charge < -0.3 is 12.3 Å². The molecule has 2 bridgehead atoms. The standard InChI is InChI=1S/C7H10.2H3N/c1-2-7-4-3-6(1)5-7;;/h1,7H,2-5H2;2*1H3. The molecule has 0 heterocycles. The van der Waals surface area contributed by atoms with Gasteiger partial charge in [-0.1, -0.05) is 11.6 Å². The quantitative estimate of drug-likeness (QED) is 0.492. The molecule has 54 valence electrons. The van der Waals surface area contributed by atoms with Gasteiger partial charge in [0.15, 0.2) is 0 Å². The van der Waals surface area contributed by atoms with E-state index in [1.807, 2.05) is 0 Å². The highest BCUT2D eigenvalue weighted by atomic mass is 14.3. The highest BCUT2D eigenvalue weighted by Gasteiger charge is 2.22. The minimum atomic E-state index is 0. The van der Waals surface area contributed by atoms with Crippen LogP contribution < -0.4 is 12.3 Å². The van der Waals surface area contributed by atoms with Crippen LogP contribution in [0.5, 0.6) is 0 Å². The SMILES string of the molecule is C1=C2CCC(C1)C2.N.N. The van der Waals surface area contributed by atoms with Crippen LogP contribution in [0.15, 0.2) is 11.6 Å². The molecule has 6 N–H and O–H groups in total. The van der Waals surface area contributed by atoms with Crippen molar-refractivity contribution in [2.75, 3.05) is 0 Å². The van der Waals surface area contributed by atoms with Gasteiger partial charge in [-0.05, 0) is 31.6 Å². The van der Waals surface area contributed by atoms with Crippen molar-refractivity contribution in [1.29, 1.82) is 0 Å². The number of allylic oxidation sites excluding steroid dienone is 2. The van der Waals surface area contributed by atoms with Crippen LogP contribution in [0.1, 0.15) is 25.7 Å². The molecule has 9 heavy (non-hydrogen) atoms. The third-order valence-corrected chi connectivity index (χ3v) is 2.16. The van der Waals surface area contributed by atoms with Gasteiger partial charge >= 0.3 is 0 Å². The monoisotopic (exact) mass is 128 g/mol. The fourth-order valence-electron chi connectivity index (χ4n) is 1.68. The van der Waals surface area contributed by atoms with E-state index in [-0.39, 0.29) is 12.3 Å². The summed E-state index contributed by atoms with van der Waals surface area (Å²) < 4.78 is 0. The molecule has 1 saturated carbocycles. The Morgan fingerprint density at radius 1 is 1.33 bits per heavy atom. The second-order valence-electron chi connectivity index (χ2n) is 2.71. The molecule has 2 nitrogen and oxygen atoms in total. The van der Waals surface area contributed by atoms with Crippen LogP contribution in [0.3, 0.4) is 0 Å². The Morgan fingerprint density at radius 2 is 2.11 bits per heavy atom. The largest absolute Gasteiger partial charge is 0.344 e. The first-order valence-electron chi connectivity index (χ1n) is 3.13. The number of fused-ring (bicyclic) bond motifs is 2. The van der Waals surface area contributed by atoms with Crippen LogP contribution in [0.25, 0.3) is 0 Å². The van der Waals surface area contributed by atoms with Gasteiger partial charge in [-0.2, -0.15) is 0 Å². The lowest BCUT2D eigenvalue weighted by atomic mass is 10.1. The summed E-state index contributed by atoms with van der Waals surface area (Å²) in [4.78, 5) is 0. The van der Waals surface area contributed by atoms with Gasteiger partial charge in [-0.25, -0.2) is 0 Å². The molecule has 2 aliphatic rings. The fraction of sp³-hybridized carbons (Fsp3) is 0.714. The van der Waals surface area contributed by atoms with Gasteiger partial charge in [-0.15, -0.1) is 0 Å². The minimum Gasteiger partial charge on any atom is -0.344 e. The van der Waals surface area contributed by atoms with Crippen LogP contribution in [0.2, 0.25) is 0 Å². The topological polar surface area (TPSA) is 70.0 Å². The van der Waals surface area contributed by atoms with Crippen molar-refractivity contribution in [2.45, 2.75) is 25.7 Å². The summed E-state index contributed by atoms with van der Waals surface area (Å²) in [6.07, 6.45) is 8.18. The summed E-state index contributed by atoms with van der Waals surface area (Å²) in [5.74, 6) is 1.08. The minimum absolute atomic E-state index is 0.